The van der Waals surface area contributed by atoms with Crippen molar-refractivity contribution in [3.63, 3.8) is 0 Å². The van der Waals surface area contributed by atoms with Gasteiger partial charge in [-0.2, -0.15) is 9.61 Å². The average molecular weight is 489 g/mol. The van der Waals surface area contributed by atoms with Crippen molar-refractivity contribution in [2.45, 2.75) is 57.4 Å². The molecule has 9 nitrogen and oxygen atoms in total. The number of anilines is 1. The monoisotopic (exact) mass is 488 g/mol. The largest absolute Gasteiger partial charge is 0.387 e. The zero-order chi connectivity index (χ0) is 25.0. The number of rotatable bonds is 9. The molecule has 4 heterocycles. The topological polar surface area (TPSA) is 114 Å². The molecule has 0 aromatic carbocycles. The van der Waals surface area contributed by atoms with Gasteiger partial charge in [-0.05, 0) is 45.6 Å². The molecular formula is C24H30F2N6O3. The summed E-state index contributed by atoms with van der Waals surface area (Å²) in [5, 5.41) is 20.1. The number of fused-ring (bicyclic) bond motifs is 1. The Kier molecular flexibility index (Phi) is 7.56. The van der Waals surface area contributed by atoms with Gasteiger partial charge in [-0.1, -0.05) is 0 Å². The minimum Gasteiger partial charge on any atom is -0.387 e. The normalized spacial score (nSPS) is 17.3. The number of ether oxygens (including phenoxy) is 1. The highest BCUT2D eigenvalue weighted by Crippen LogP contribution is 2.25. The summed E-state index contributed by atoms with van der Waals surface area (Å²) in [4.78, 5) is 21.0. The number of amides is 1. The first-order valence-electron chi connectivity index (χ1n) is 11.7. The molecule has 0 saturated carbocycles. The molecule has 0 spiro atoms. The van der Waals surface area contributed by atoms with E-state index in [9.17, 15) is 18.7 Å². The van der Waals surface area contributed by atoms with Gasteiger partial charge >= 0.3 is 0 Å². The molecular weight excluding hydrogens is 458 g/mol. The summed E-state index contributed by atoms with van der Waals surface area (Å²) >= 11 is 0. The maximum atomic E-state index is 14.3. The van der Waals surface area contributed by atoms with Gasteiger partial charge in [0.1, 0.15) is 17.6 Å². The zero-order valence-corrected chi connectivity index (χ0v) is 19.8. The van der Waals surface area contributed by atoms with Crippen molar-refractivity contribution >= 4 is 17.4 Å². The summed E-state index contributed by atoms with van der Waals surface area (Å²) in [6, 6.07) is 3.12. The van der Waals surface area contributed by atoms with E-state index in [4.69, 9.17) is 4.74 Å². The number of aliphatic hydroxyl groups is 1. The van der Waals surface area contributed by atoms with Gasteiger partial charge in [-0.15, -0.1) is 0 Å². The molecule has 1 aliphatic heterocycles. The summed E-state index contributed by atoms with van der Waals surface area (Å²) in [5.74, 6) is -0.754. The van der Waals surface area contributed by atoms with E-state index >= 15 is 0 Å². The molecule has 4 rings (SSSR count). The van der Waals surface area contributed by atoms with Gasteiger partial charge in [-0.3, -0.25) is 9.78 Å². The van der Waals surface area contributed by atoms with Crippen LogP contribution in [0.3, 0.4) is 0 Å². The van der Waals surface area contributed by atoms with E-state index in [1.807, 2.05) is 0 Å². The van der Waals surface area contributed by atoms with E-state index in [1.165, 1.54) is 36.8 Å². The van der Waals surface area contributed by atoms with Crippen LogP contribution in [0.1, 0.15) is 49.9 Å². The van der Waals surface area contributed by atoms with Gasteiger partial charge in [0.15, 0.2) is 11.5 Å². The molecule has 3 aromatic rings. The Bertz CT molecular complexity index is 1170. The molecule has 2 unspecified atom stereocenters. The van der Waals surface area contributed by atoms with E-state index in [0.717, 1.165) is 38.5 Å². The molecule has 2 atom stereocenters. The number of aromatic nitrogens is 4. The minimum absolute atomic E-state index is 0.129. The highest BCUT2D eigenvalue weighted by atomic mass is 19.1. The number of carbonyl (C=O) groups is 1. The van der Waals surface area contributed by atoms with E-state index in [-0.39, 0.29) is 23.8 Å². The van der Waals surface area contributed by atoms with Crippen molar-refractivity contribution in [2.75, 3.05) is 25.0 Å². The smallest absolute Gasteiger partial charge is 0.256 e. The van der Waals surface area contributed by atoms with Crippen LogP contribution >= 0.6 is 0 Å². The average Bonchev–Trinajstić information content (AvgIpc) is 3.27. The Morgan fingerprint density at radius 2 is 2.20 bits per heavy atom. The number of carbonyl (C=O) groups excluding carboxylic acids is 1. The maximum absolute atomic E-state index is 14.3. The van der Waals surface area contributed by atoms with Crippen molar-refractivity contribution in [3.05, 3.63) is 42.1 Å². The van der Waals surface area contributed by atoms with E-state index in [2.05, 4.69) is 25.7 Å². The lowest BCUT2D eigenvalue weighted by Gasteiger charge is -2.23. The number of nitrogens with zero attached hydrogens (tertiary/aromatic N) is 4. The molecule has 35 heavy (non-hydrogen) atoms. The second-order valence-electron chi connectivity index (χ2n) is 9.21. The van der Waals surface area contributed by atoms with Crippen LogP contribution in [0.5, 0.6) is 0 Å². The van der Waals surface area contributed by atoms with Crippen LogP contribution < -0.4 is 10.6 Å². The molecule has 188 valence electrons. The predicted octanol–water partition coefficient (Wildman–Crippen LogP) is 3.14. The van der Waals surface area contributed by atoms with Gasteiger partial charge in [0.25, 0.3) is 5.91 Å². The second-order valence-corrected chi connectivity index (χ2v) is 9.21. The van der Waals surface area contributed by atoms with Gasteiger partial charge in [0, 0.05) is 37.2 Å². The summed E-state index contributed by atoms with van der Waals surface area (Å²) in [5.41, 5.74) is -0.455. The van der Waals surface area contributed by atoms with Crippen LogP contribution in [0.4, 0.5) is 14.6 Å². The van der Waals surface area contributed by atoms with Crippen molar-refractivity contribution < 1.29 is 23.4 Å². The lowest BCUT2D eigenvalue weighted by molar-refractivity contribution is -0.00178. The number of nitrogens with one attached hydrogen (secondary N) is 2. The molecule has 3 aromatic heterocycles. The third kappa shape index (κ3) is 5.91. The number of alkyl halides is 1. The van der Waals surface area contributed by atoms with Crippen LogP contribution in [0.25, 0.3) is 16.9 Å². The summed E-state index contributed by atoms with van der Waals surface area (Å²) in [6.07, 6.45) is 6.28. The molecule has 1 aliphatic rings. The van der Waals surface area contributed by atoms with Crippen LogP contribution in [0.15, 0.2) is 30.7 Å². The Balaban J connectivity index is 1.62. The predicted molar refractivity (Wildman–Crippen MR) is 126 cm³/mol. The fraction of sp³-hybridized carbons (Fsp3) is 0.500. The van der Waals surface area contributed by atoms with Gasteiger partial charge in [0.05, 0.1) is 30.1 Å². The number of pyridine rings is 1. The lowest BCUT2D eigenvalue weighted by atomic mass is 10.0. The van der Waals surface area contributed by atoms with Crippen molar-refractivity contribution in [1.82, 2.24) is 24.9 Å². The van der Waals surface area contributed by atoms with Gasteiger partial charge < -0.3 is 20.5 Å². The minimum atomic E-state index is -1.66. The van der Waals surface area contributed by atoms with Crippen molar-refractivity contribution in [1.29, 1.82) is 0 Å². The molecule has 1 amide bonds. The Labute approximate surface area is 201 Å². The summed E-state index contributed by atoms with van der Waals surface area (Å²) in [6.45, 7) is 3.53. The standard InChI is InChI=1S/C24H30F2N6O3/c1-24(2,34)20(26)14-30-23(33)17-12-29-21-11-19(16-7-8-27-13-18(16)25)31-32(21)22(17)28-9-6-15-5-3-4-10-35-15/h7-8,11-13,15,20,28,34H,3-6,9-10,14H2,1-2H3,(H,30,33). The molecule has 0 bridgehead atoms. The van der Waals surface area contributed by atoms with Gasteiger partial charge in [0.2, 0.25) is 0 Å². The molecule has 11 heteroatoms. The summed E-state index contributed by atoms with van der Waals surface area (Å²) in [7, 11) is 0. The molecule has 1 fully saturated rings. The third-order valence-electron chi connectivity index (χ3n) is 6.02. The Hall–Kier alpha value is -3.18. The molecule has 1 saturated heterocycles. The van der Waals surface area contributed by atoms with E-state index in [0.29, 0.717) is 23.7 Å². The fourth-order valence-corrected chi connectivity index (χ4v) is 3.90. The summed E-state index contributed by atoms with van der Waals surface area (Å²) < 4.78 is 35.7. The number of halogens is 2. The van der Waals surface area contributed by atoms with E-state index in [1.54, 1.807) is 6.07 Å². The first-order chi connectivity index (χ1) is 16.7. The molecule has 3 N–H and O–H groups in total. The number of hydrogen-bond acceptors (Lipinski definition) is 7. The highest BCUT2D eigenvalue weighted by Gasteiger charge is 2.28. The van der Waals surface area contributed by atoms with Crippen molar-refractivity contribution in [3.8, 4) is 11.3 Å². The number of hydrogen-bond donors (Lipinski definition) is 3. The SMILES string of the molecule is CC(C)(O)C(F)CNC(=O)c1cnc2cc(-c3ccncc3F)nn2c1NCCC1CCCCO1. The van der Waals surface area contributed by atoms with Crippen LogP contribution in [-0.4, -0.2) is 68.2 Å². The van der Waals surface area contributed by atoms with Crippen LogP contribution in [0.2, 0.25) is 0 Å². The van der Waals surface area contributed by atoms with E-state index < -0.39 is 23.5 Å². The van der Waals surface area contributed by atoms with Gasteiger partial charge in [-0.25, -0.2) is 13.8 Å². The fourth-order valence-electron chi connectivity index (χ4n) is 3.90. The highest BCUT2D eigenvalue weighted by molar-refractivity contribution is 5.99. The molecule has 0 aliphatic carbocycles. The first kappa shape index (κ1) is 24.9. The van der Waals surface area contributed by atoms with Crippen molar-refractivity contribution in [2.24, 2.45) is 0 Å². The molecule has 0 radical (unpaired) electrons. The quantitative estimate of drug-likeness (QED) is 0.424. The zero-order valence-electron chi connectivity index (χ0n) is 19.8. The Morgan fingerprint density at radius 3 is 2.91 bits per heavy atom. The maximum Gasteiger partial charge on any atom is 0.256 e. The Morgan fingerprint density at radius 1 is 1.37 bits per heavy atom. The first-order valence-corrected chi connectivity index (χ1v) is 11.7. The van der Waals surface area contributed by atoms with Crippen LogP contribution in [0, 0.1) is 5.82 Å². The second kappa shape index (κ2) is 10.6. The lowest BCUT2D eigenvalue weighted by Crippen LogP contribution is -2.42. The third-order valence-corrected chi connectivity index (χ3v) is 6.02. The van der Waals surface area contributed by atoms with Crippen LogP contribution in [-0.2, 0) is 4.74 Å².